The Labute approximate surface area is 187 Å². The highest BCUT2D eigenvalue weighted by molar-refractivity contribution is 7.17. The van der Waals surface area contributed by atoms with Crippen LogP contribution in [0.5, 0.6) is 0 Å². The number of aromatic nitrogens is 3. The molecular formula is C20H21ClN6OS2. The Hall–Kier alpha value is -2.75. The number of amides is 2. The fourth-order valence-corrected chi connectivity index (χ4v) is 4.31. The molecular weight excluding hydrogens is 440 g/mol. The van der Waals surface area contributed by atoms with Gasteiger partial charge in [0.1, 0.15) is 12.1 Å². The van der Waals surface area contributed by atoms with Gasteiger partial charge in [0.25, 0.3) is 0 Å². The van der Waals surface area contributed by atoms with Crippen molar-refractivity contribution in [1.82, 2.24) is 15.0 Å². The van der Waals surface area contributed by atoms with Crippen LogP contribution >= 0.6 is 34.3 Å². The molecule has 0 saturated carbocycles. The third-order valence-electron chi connectivity index (χ3n) is 3.80. The molecule has 0 spiro atoms. The molecule has 0 radical (unpaired) electrons. The maximum absolute atomic E-state index is 12.1. The van der Waals surface area contributed by atoms with Gasteiger partial charge in [0.05, 0.1) is 20.9 Å². The standard InChI is InChI=1S/C18H15ClN6OS2.C2H6/c19-12-3-1-2-4-13(12)24-17(26)25-18-21-9-11(28-18)5-7-20-16-15-14(6-8-27-15)22-10-23-16;1-2/h1-4,6,8-10H,5,7H2,(H,20,22,23)(H2,21,24,25,26);1-2H3. The minimum atomic E-state index is -0.381. The molecule has 7 nitrogen and oxygen atoms in total. The van der Waals surface area contributed by atoms with Crippen molar-refractivity contribution < 1.29 is 4.79 Å². The number of para-hydroxylation sites is 1. The van der Waals surface area contributed by atoms with Crippen LogP contribution in [0.15, 0.2) is 48.2 Å². The summed E-state index contributed by atoms with van der Waals surface area (Å²) in [4.78, 5) is 25.9. The van der Waals surface area contributed by atoms with Gasteiger partial charge in [-0.3, -0.25) is 5.32 Å². The zero-order valence-corrected chi connectivity index (χ0v) is 18.9. The summed E-state index contributed by atoms with van der Waals surface area (Å²) < 4.78 is 1.05. The van der Waals surface area contributed by atoms with E-state index >= 15 is 0 Å². The van der Waals surface area contributed by atoms with E-state index in [1.807, 2.05) is 25.3 Å². The van der Waals surface area contributed by atoms with E-state index in [0.29, 0.717) is 22.4 Å². The van der Waals surface area contributed by atoms with Crippen LogP contribution in [0.4, 0.5) is 21.4 Å². The normalized spacial score (nSPS) is 10.2. The summed E-state index contributed by atoms with van der Waals surface area (Å²) in [7, 11) is 0. The number of hydrogen-bond donors (Lipinski definition) is 3. The highest BCUT2D eigenvalue weighted by Crippen LogP contribution is 2.25. The topological polar surface area (TPSA) is 91.8 Å². The molecule has 2 amide bonds. The highest BCUT2D eigenvalue weighted by Gasteiger charge is 2.09. The summed E-state index contributed by atoms with van der Waals surface area (Å²) in [5, 5.41) is 11.8. The zero-order chi connectivity index (χ0) is 21.3. The lowest BCUT2D eigenvalue weighted by atomic mass is 10.3. The van der Waals surface area contributed by atoms with Crippen LogP contribution in [0.25, 0.3) is 10.2 Å². The lowest BCUT2D eigenvalue weighted by Gasteiger charge is -2.06. The fraction of sp³-hybridized carbons (Fsp3) is 0.200. The second-order valence-corrected chi connectivity index (χ2v) is 8.16. The van der Waals surface area contributed by atoms with Gasteiger partial charge in [-0.2, -0.15) is 0 Å². The van der Waals surface area contributed by atoms with Gasteiger partial charge in [0.15, 0.2) is 5.13 Å². The van der Waals surface area contributed by atoms with Crippen LogP contribution in [0.3, 0.4) is 0 Å². The van der Waals surface area contributed by atoms with Gasteiger partial charge in [-0.15, -0.1) is 22.7 Å². The van der Waals surface area contributed by atoms with Crippen molar-refractivity contribution in [3.63, 3.8) is 0 Å². The molecule has 4 aromatic rings. The zero-order valence-electron chi connectivity index (χ0n) is 16.5. The van der Waals surface area contributed by atoms with E-state index in [1.165, 1.54) is 11.3 Å². The number of rotatable bonds is 6. The number of fused-ring (bicyclic) bond motifs is 1. The quantitative estimate of drug-likeness (QED) is 0.322. The molecule has 0 aliphatic heterocycles. The Morgan fingerprint density at radius 1 is 1.10 bits per heavy atom. The van der Waals surface area contributed by atoms with E-state index in [4.69, 9.17) is 11.6 Å². The smallest absolute Gasteiger partial charge is 0.325 e. The average Bonchev–Trinajstić information content (AvgIpc) is 3.41. The molecule has 10 heteroatoms. The number of nitrogens with one attached hydrogen (secondary N) is 3. The summed E-state index contributed by atoms with van der Waals surface area (Å²) in [6.07, 6.45) is 4.09. The predicted molar refractivity (Wildman–Crippen MR) is 127 cm³/mol. The van der Waals surface area contributed by atoms with Gasteiger partial charge in [-0.25, -0.2) is 19.7 Å². The van der Waals surface area contributed by atoms with Crippen LogP contribution < -0.4 is 16.0 Å². The second kappa shape index (κ2) is 10.9. The van der Waals surface area contributed by atoms with E-state index in [-0.39, 0.29) is 6.03 Å². The molecule has 3 N–H and O–H groups in total. The van der Waals surface area contributed by atoms with Gasteiger partial charge in [0, 0.05) is 24.0 Å². The van der Waals surface area contributed by atoms with Crippen LogP contribution in [0.2, 0.25) is 5.02 Å². The minimum Gasteiger partial charge on any atom is -0.368 e. The van der Waals surface area contributed by atoms with Gasteiger partial charge in [-0.1, -0.05) is 37.6 Å². The van der Waals surface area contributed by atoms with Crippen molar-refractivity contribution in [1.29, 1.82) is 0 Å². The average molecular weight is 461 g/mol. The van der Waals surface area contributed by atoms with E-state index < -0.39 is 0 Å². The van der Waals surface area contributed by atoms with E-state index in [9.17, 15) is 4.79 Å². The number of urea groups is 1. The third-order valence-corrected chi connectivity index (χ3v) is 6.02. The van der Waals surface area contributed by atoms with Crippen molar-refractivity contribution in [3.8, 4) is 0 Å². The van der Waals surface area contributed by atoms with Gasteiger partial charge in [0.2, 0.25) is 0 Å². The Balaban J connectivity index is 0.00000124. The molecule has 0 aliphatic carbocycles. The first-order valence-electron chi connectivity index (χ1n) is 9.38. The number of carbonyl (C=O) groups is 1. The van der Waals surface area contributed by atoms with Gasteiger partial charge in [-0.05, 0) is 23.6 Å². The van der Waals surface area contributed by atoms with Gasteiger partial charge >= 0.3 is 6.03 Å². The Morgan fingerprint density at radius 2 is 1.93 bits per heavy atom. The summed E-state index contributed by atoms with van der Waals surface area (Å²) in [6, 6.07) is 8.65. The maximum atomic E-state index is 12.1. The van der Waals surface area contributed by atoms with Crippen molar-refractivity contribution in [2.24, 2.45) is 0 Å². The summed E-state index contributed by atoms with van der Waals surface area (Å²) in [5.74, 6) is 0.835. The predicted octanol–water partition coefficient (Wildman–Crippen LogP) is 6.13. The van der Waals surface area contributed by atoms with Crippen molar-refractivity contribution >= 4 is 67.2 Å². The molecule has 1 aromatic carbocycles. The lowest BCUT2D eigenvalue weighted by molar-refractivity contribution is 0.262. The molecule has 0 atom stereocenters. The first-order valence-corrected chi connectivity index (χ1v) is 11.5. The van der Waals surface area contributed by atoms with E-state index in [2.05, 4.69) is 30.9 Å². The van der Waals surface area contributed by atoms with Crippen molar-refractivity contribution in [3.05, 3.63) is 58.1 Å². The number of thiazole rings is 1. The molecule has 30 heavy (non-hydrogen) atoms. The summed E-state index contributed by atoms with van der Waals surface area (Å²) in [6.45, 7) is 4.71. The van der Waals surface area contributed by atoms with Crippen LogP contribution in [-0.2, 0) is 6.42 Å². The van der Waals surface area contributed by atoms with Crippen molar-refractivity contribution in [2.75, 3.05) is 22.5 Å². The molecule has 3 aromatic heterocycles. The Kier molecular flexibility index (Phi) is 7.95. The lowest BCUT2D eigenvalue weighted by Crippen LogP contribution is -2.19. The summed E-state index contributed by atoms with van der Waals surface area (Å²) >= 11 is 9.08. The van der Waals surface area contributed by atoms with Gasteiger partial charge < -0.3 is 10.6 Å². The molecule has 0 aliphatic rings. The largest absolute Gasteiger partial charge is 0.368 e. The van der Waals surface area contributed by atoms with Crippen LogP contribution in [-0.4, -0.2) is 27.5 Å². The maximum Gasteiger partial charge on any atom is 0.325 e. The number of carbonyl (C=O) groups excluding carboxylic acids is 1. The van der Waals surface area contributed by atoms with E-state index in [1.54, 1.807) is 48.1 Å². The number of thiophene rings is 1. The Morgan fingerprint density at radius 3 is 2.77 bits per heavy atom. The monoisotopic (exact) mass is 460 g/mol. The molecule has 4 rings (SSSR count). The first kappa shape index (κ1) is 21.9. The molecule has 0 unspecified atom stereocenters. The SMILES string of the molecule is CC.O=C(Nc1ncc(CCNc2ncnc3ccsc23)s1)Nc1ccccc1Cl. The molecule has 3 heterocycles. The number of benzene rings is 1. The molecule has 0 saturated heterocycles. The van der Waals surface area contributed by atoms with Crippen LogP contribution in [0.1, 0.15) is 18.7 Å². The molecule has 0 fully saturated rings. The summed E-state index contributed by atoms with van der Waals surface area (Å²) in [5.41, 5.74) is 1.49. The fourth-order valence-electron chi connectivity index (χ4n) is 2.51. The van der Waals surface area contributed by atoms with E-state index in [0.717, 1.165) is 27.3 Å². The second-order valence-electron chi connectivity index (χ2n) is 5.72. The van der Waals surface area contributed by atoms with Crippen LogP contribution in [0, 0.1) is 0 Å². The number of anilines is 3. The van der Waals surface area contributed by atoms with Crippen molar-refractivity contribution in [2.45, 2.75) is 20.3 Å². The minimum absolute atomic E-state index is 0.381. The Bertz CT molecular complexity index is 1110. The number of nitrogens with zero attached hydrogens (tertiary/aromatic N) is 3. The molecule has 0 bridgehead atoms. The highest BCUT2D eigenvalue weighted by atomic mass is 35.5. The number of hydrogen-bond acceptors (Lipinski definition) is 7. The number of halogens is 1. The first-order chi connectivity index (χ1) is 14.7. The molecule has 156 valence electrons. The third kappa shape index (κ3) is 5.65.